The minimum atomic E-state index is 0.298. The molecule has 18 heavy (non-hydrogen) atoms. The Morgan fingerprint density at radius 2 is 1.56 bits per heavy atom. The van der Waals surface area contributed by atoms with Gasteiger partial charge in [0, 0.05) is 48.2 Å². The van der Waals surface area contributed by atoms with E-state index in [2.05, 4.69) is 21.6 Å². The molecule has 0 atom stereocenters. The van der Waals surface area contributed by atoms with Gasteiger partial charge in [0.05, 0.1) is 0 Å². The highest BCUT2D eigenvalue weighted by atomic mass is 32.2. The van der Waals surface area contributed by atoms with Crippen LogP contribution in [0.2, 0.25) is 0 Å². The predicted octanol–water partition coefficient (Wildman–Crippen LogP) is 2.52. The number of rotatable bonds is 0. The fraction of sp³-hybridized carbons (Fsp3) is 0.923. The van der Waals surface area contributed by atoms with Gasteiger partial charge in [-0.1, -0.05) is 6.42 Å². The van der Waals surface area contributed by atoms with Crippen molar-refractivity contribution in [2.45, 2.75) is 30.4 Å². The zero-order valence-corrected chi connectivity index (χ0v) is 12.5. The highest BCUT2D eigenvalue weighted by Crippen LogP contribution is 2.47. The summed E-state index contributed by atoms with van der Waals surface area (Å²) in [5.74, 6) is 3.35. The third kappa shape index (κ3) is 2.62. The molecule has 0 aromatic rings. The van der Waals surface area contributed by atoms with Gasteiger partial charge in [-0.05, 0) is 19.3 Å². The largest absolute Gasteiger partial charge is 0.324 e. The summed E-state index contributed by atoms with van der Waals surface area (Å²) in [5, 5.41) is 0. The Kier molecular flexibility index (Phi) is 3.99. The van der Waals surface area contributed by atoms with Crippen LogP contribution >= 0.6 is 23.5 Å². The van der Waals surface area contributed by atoms with E-state index in [9.17, 15) is 4.79 Å². The van der Waals surface area contributed by atoms with E-state index < -0.39 is 0 Å². The molecule has 3 aliphatic rings. The Morgan fingerprint density at radius 1 is 0.889 bits per heavy atom. The van der Waals surface area contributed by atoms with Gasteiger partial charge in [0.25, 0.3) is 0 Å². The van der Waals surface area contributed by atoms with Gasteiger partial charge in [-0.25, -0.2) is 4.79 Å². The zero-order chi connectivity index (χ0) is 12.4. The minimum absolute atomic E-state index is 0.298. The number of thioether (sulfide) groups is 2. The molecule has 0 unspecified atom stereocenters. The number of urea groups is 1. The quantitative estimate of drug-likeness (QED) is 0.683. The van der Waals surface area contributed by atoms with Gasteiger partial charge in [-0.15, -0.1) is 0 Å². The first-order valence-electron chi connectivity index (χ1n) is 7.05. The molecule has 0 aromatic heterocycles. The number of hydrogen-bond acceptors (Lipinski definition) is 3. The summed E-state index contributed by atoms with van der Waals surface area (Å²) in [6.07, 6.45) is 5.36. The molecule has 3 nitrogen and oxygen atoms in total. The minimum Gasteiger partial charge on any atom is -0.324 e. The highest BCUT2D eigenvalue weighted by molar-refractivity contribution is 8.00. The van der Waals surface area contributed by atoms with E-state index >= 15 is 0 Å². The topological polar surface area (TPSA) is 23.6 Å². The molecular weight excluding hydrogens is 264 g/mol. The smallest absolute Gasteiger partial charge is 0.320 e. The summed E-state index contributed by atoms with van der Waals surface area (Å²) in [5.41, 5.74) is 0. The summed E-state index contributed by atoms with van der Waals surface area (Å²) in [7, 11) is 0. The Labute approximate surface area is 118 Å². The summed E-state index contributed by atoms with van der Waals surface area (Å²) in [4.78, 5) is 16.6. The molecule has 5 heteroatoms. The Balaban J connectivity index is 1.56. The normalized spacial score (nSPS) is 27.8. The summed E-state index contributed by atoms with van der Waals surface area (Å²) >= 11 is 4.09. The molecule has 2 saturated heterocycles. The summed E-state index contributed by atoms with van der Waals surface area (Å²) in [6, 6.07) is 0.298. The first kappa shape index (κ1) is 13.0. The number of nitrogens with zero attached hydrogens (tertiary/aromatic N) is 2. The maximum absolute atomic E-state index is 12.5. The van der Waals surface area contributed by atoms with Crippen LogP contribution < -0.4 is 0 Å². The maximum Gasteiger partial charge on any atom is 0.320 e. The van der Waals surface area contributed by atoms with Crippen molar-refractivity contribution in [1.82, 2.24) is 9.80 Å². The molecule has 2 aliphatic heterocycles. The third-order valence-electron chi connectivity index (χ3n) is 4.42. The van der Waals surface area contributed by atoms with Gasteiger partial charge in [0.1, 0.15) is 0 Å². The second kappa shape index (κ2) is 5.53. The van der Waals surface area contributed by atoms with Crippen LogP contribution in [0.15, 0.2) is 0 Å². The average molecular weight is 286 g/mol. The van der Waals surface area contributed by atoms with Crippen LogP contribution in [0.25, 0.3) is 0 Å². The van der Waals surface area contributed by atoms with E-state index in [1.165, 1.54) is 25.7 Å². The van der Waals surface area contributed by atoms with Crippen molar-refractivity contribution in [3.05, 3.63) is 0 Å². The Morgan fingerprint density at radius 3 is 2.22 bits per heavy atom. The molecule has 1 spiro atoms. The third-order valence-corrected chi connectivity index (χ3v) is 6.98. The monoisotopic (exact) mass is 286 g/mol. The Hall–Kier alpha value is -0.0300. The van der Waals surface area contributed by atoms with Crippen molar-refractivity contribution in [2.24, 2.45) is 0 Å². The molecule has 2 heterocycles. The van der Waals surface area contributed by atoms with Crippen molar-refractivity contribution in [2.75, 3.05) is 43.4 Å². The van der Waals surface area contributed by atoms with Gasteiger partial charge < -0.3 is 9.80 Å². The number of carbonyl (C=O) groups is 1. The molecule has 0 N–H and O–H groups in total. The zero-order valence-electron chi connectivity index (χ0n) is 10.9. The molecule has 3 rings (SSSR count). The molecule has 2 amide bonds. The van der Waals surface area contributed by atoms with E-state index in [1.807, 2.05) is 11.8 Å². The molecular formula is C13H22N2OS2. The van der Waals surface area contributed by atoms with Crippen molar-refractivity contribution in [1.29, 1.82) is 0 Å². The van der Waals surface area contributed by atoms with E-state index in [0.717, 1.165) is 43.4 Å². The lowest BCUT2D eigenvalue weighted by Crippen LogP contribution is -2.47. The van der Waals surface area contributed by atoms with E-state index in [-0.39, 0.29) is 0 Å². The molecule has 1 saturated carbocycles. The van der Waals surface area contributed by atoms with Crippen LogP contribution in [0.5, 0.6) is 0 Å². The number of hydrogen-bond donors (Lipinski definition) is 0. The van der Waals surface area contributed by atoms with E-state index in [4.69, 9.17) is 0 Å². The lowest BCUT2D eigenvalue weighted by Gasteiger charge is -2.40. The lowest BCUT2D eigenvalue weighted by atomic mass is 9.81. The Bertz CT molecular complexity index is 314. The van der Waals surface area contributed by atoms with E-state index in [0.29, 0.717) is 10.8 Å². The first-order chi connectivity index (χ1) is 8.79. The molecule has 0 radical (unpaired) electrons. The fourth-order valence-electron chi connectivity index (χ4n) is 3.01. The SMILES string of the molecule is O=C(N1CCSCC1)N1CCSC2(CCC2)CC1. The summed E-state index contributed by atoms with van der Waals surface area (Å²) in [6.45, 7) is 3.82. The number of carbonyl (C=O) groups excluding carboxylic acids is 1. The van der Waals surface area contributed by atoms with Crippen LogP contribution in [-0.2, 0) is 0 Å². The maximum atomic E-state index is 12.5. The van der Waals surface area contributed by atoms with Crippen LogP contribution in [0, 0.1) is 0 Å². The first-order valence-corrected chi connectivity index (χ1v) is 9.19. The molecule has 1 aliphatic carbocycles. The average Bonchev–Trinajstić information content (AvgIpc) is 2.61. The van der Waals surface area contributed by atoms with Crippen molar-refractivity contribution >= 4 is 29.6 Å². The summed E-state index contributed by atoms with van der Waals surface area (Å²) < 4.78 is 0.548. The van der Waals surface area contributed by atoms with Crippen molar-refractivity contribution < 1.29 is 4.79 Å². The molecule has 102 valence electrons. The standard InChI is InChI=1S/C13H22N2OS2/c16-12(15-6-9-17-10-7-15)14-5-4-13(2-1-3-13)18-11-8-14/h1-11H2. The second-order valence-corrected chi connectivity index (χ2v) is 8.29. The number of amides is 2. The second-order valence-electron chi connectivity index (χ2n) is 5.50. The molecule has 0 bridgehead atoms. The predicted molar refractivity (Wildman–Crippen MR) is 79.5 cm³/mol. The van der Waals surface area contributed by atoms with Crippen LogP contribution in [0.1, 0.15) is 25.7 Å². The van der Waals surface area contributed by atoms with Gasteiger partial charge in [0.15, 0.2) is 0 Å². The van der Waals surface area contributed by atoms with Crippen LogP contribution in [0.3, 0.4) is 0 Å². The lowest BCUT2D eigenvalue weighted by molar-refractivity contribution is 0.156. The molecule has 3 fully saturated rings. The fourth-order valence-corrected chi connectivity index (χ4v) is 5.47. The molecule has 0 aromatic carbocycles. The van der Waals surface area contributed by atoms with E-state index in [1.54, 1.807) is 0 Å². The van der Waals surface area contributed by atoms with Gasteiger partial charge in [0.2, 0.25) is 0 Å². The van der Waals surface area contributed by atoms with Gasteiger partial charge in [-0.3, -0.25) is 0 Å². The van der Waals surface area contributed by atoms with Gasteiger partial charge in [-0.2, -0.15) is 23.5 Å². The van der Waals surface area contributed by atoms with Crippen LogP contribution in [-0.4, -0.2) is 64.0 Å². The van der Waals surface area contributed by atoms with Crippen molar-refractivity contribution in [3.8, 4) is 0 Å². The van der Waals surface area contributed by atoms with Crippen molar-refractivity contribution in [3.63, 3.8) is 0 Å². The van der Waals surface area contributed by atoms with Gasteiger partial charge >= 0.3 is 6.03 Å². The van der Waals surface area contributed by atoms with Crippen LogP contribution in [0.4, 0.5) is 4.79 Å². The highest BCUT2D eigenvalue weighted by Gasteiger charge is 2.39.